The summed E-state index contributed by atoms with van der Waals surface area (Å²) in [6.45, 7) is 2.02. The highest BCUT2D eigenvalue weighted by molar-refractivity contribution is 5.91. The zero-order valence-corrected chi connectivity index (χ0v) is 13.2. The standard InChI is InChI=1S/C13H12F7N3O3/c1-3-26-9(24)7-5-21-8-4-6(2)22-23(8)10(7,25)11(14,15)12(16,17)13(18,19)20/h4-5,21,25H,3H2,1-2H3. The Morgan fingerprint density at radius 1 is 1.31 bits per heavy atom. The molecule has 0 fully saturated rings. The first kappa shape index (κ1) is 20.0. The first-order valence-corrected chi connectivity index (χ1v) is 6.98. The Balaban J connectivity index is 2.76. The van der Waals surface area contributed by atoms with Crippen LogP contribution in [0.4, 0.5) is 36.6 Å². The van der Waals surface area contributed by atoms with Gasteiger partial charge in [0, 0.05) is 12.3 Å². The van der Waals surface area contributed by atoms with Gasteiger partial charge >= 0.3 is 24.0 Å². The highest BCUT2D eigenvalue weighted by Gasteiger charge is 2.82. The largest absolute Gasteiger partial charge is 0.462 e. The van der Waals surface area contributed by atoms with E-state index in [9.17, 15) is 40.6 Å². The number of aromatic nitrogens is 2. The number of aryl methyl sites for hydroxylation is 1. The lowest BCUT2D eigenvalue weighted by atomic mass is 9.90. The summed E-state index contributed by atoms with van der Waals surface area (Å²) in [6.07, 6.45) is -6.35. The molecule has 0 amide bonds. The number of aliphatic hydroxyl groups is 1. The van der Waals surface area contributed by atoms with Gasteiger partial charge in [-0.2, -0.15) is 35.8 Å². The number of rotatable bonds is 4. The molecule has 1 aromatic heterocycles. The highest BCUT2D eigenvalue weighted by atomic mass is 19.4. The predicted octanol–water partition coefficient (Wildman–Crippen LogP) is 2.54. The Kier molecular flexibility index (Phi) is 4.51. The molecule has 0 saturated heterocycles. The van der Waals surface area contributed by atoms with Crippen LogP contribution < -0.4 is 5.32 Å². The van der Waals surface area contributed by atoms with Gasteiger partial charge in [-0.25, -0.2) is 9.48 Å². The lowest BCUT2D eigenvalue weighted by molar-refractivity contribution is -0.396. The van der Waals surface area contributed by atoms with Gasteiger partial charge in [-0.3, -0.25) is 0 Å². The predicted molar refractivity (Wildman–Crippen MR) is 71.4 cm³/mol. The first-order chi connectivity index (χ1) is 11.7. The Morgan fingerprint density at radius 2 is 1.88 bits per heavy atom. The maximum Gasteiger partial charge on any atom is 0.460 e. The van der Waals surface area contributed by atoms with Crippen LogP contribution in [-0.4, -0.2) is 45.5 Å². The van der Waals surface area contributed by atoms with Crippen LogP contribution >= 0.6 is 0 Å². The van der Waals surface area contributed by atoms with Crippen molar-refractivity contribution in [2.45, 2.75) is 37.6 Å². The van der Waals surface area contributed by atoms with Gasteiger partial charge in [0.1, 0.15) is 11.4 Å². The SMILES string of the molecule is CCOC(=O)C1=CNc2cc(C)nn2C1(O)C(F)(F)C(F)(F)C(F)(F)F. The third kappa shape index (κ3) is 2.52. The van der Waals surface area contributed by atoms with E-state index in [2.05, 4.69) is 15.2 Å². The topological polar surface area (TPSA) is 76.4 Å². The van der Waals surface area contributed by atoms with Crippen molar-refractivity contribution in [3.8, 4) is 0 Å². The number of ether oxygens (including phenoxy) is 1. The molecule has 2 N–H and O–H groups in total. The minimum atomic E-state index is -6.72. The van der Waals surface area contributed by atoms with Crippen molar-refractivity contribution in [2.75, 3.05) is 11.9 Å². The summed E-state index contributed by atoms with van der Waals surface area (Å²) in [5, 5.41) is 15.9. The highest BCUT2D eigenvalue weighted by Crippen LogP contribution is 2.56. The second-order valence-corrected chi connectivity index (χ2v) is 5.32. The van der Waals surface area contributed by atoms with E-state index in [0.29, 0.717) is 6.20 Å². The van der Waals surface area contributed by atoms with Crippen LogP contribution in [0.1, 0.15) is 12.6 Å². The van der Waals surface area contributed by atoms with Crippen LogP contribution in [-0.2, 0) is 15.3 Å². The fourth-order valence-corrected chi connectivity index (χ4v) is 2.32. The minimum absolute atomic E-state index is 0.101. The van der Waals surface area contributed by atoms with Gasteiger partial charge in [0.15, 0.2) is 0 Å². The summed E-state index contributed by atoms with van der Waals surface area (Å²) < 4.78 is 98.0. The van der Waals surface area contributed by atoms with Gasteiger partial charge < -0.3 is 15.2 Å². The Hall–Kier alpha value is -2.31. The quantitative estimate of drug-likeness (QED) is 0.610. The fraction of sp³-hybridized carbons (Fsp3) is 0.538. The molecule has 2 rings (SSSR count). The van der Waals surface area contributed by atoms with Gasteiger partial charge in [-0.05, 0) is 13.8 Å². The molecule has 0 saturated carbocycles. The number of halogens is 7. The second kappa shape index (κ2) is 5.86. The zero-order valence-electron chi connectivity index (χ0n) is 13.2. The van der Waals surface area contributed by atoms with Gasteiger partial charge in [0.25, 0.3) is 5.72 Å². The average Bonchev–Trinajstić information content (AvgIpc) is 2.88. The number of nitrogens with one attached hydrogen (secondary N) is 1. The molecule has 6 nitrogen and oxygen atoms in total. The number of hydrogen-bond acceptors (Lipinski definition) is 5. The smallest absolute Gasteiger partial charge is 0.460 e. The fourth-order valence-electron chi connectivity index (χ4n) is 2.32. The molecule has 0 spiro atoms. The first-order valence-electron chi connectivity index (χ1n) is 6.98. The maximum absolute atomic E-state index is 14.4. The Bertz CT molecular complexity index is 757. The summed E-state index contributed by atoms with van der Waals surface area (Å²) in [7, 11) is 0. The number of fused-ring (bicyclic) bond motifs is 1. The molecule has 0 aromatic carbocycles. The second-order valence-electron chi connectivity index (χ2n) is 5.32. The monoisotopic (exact) mass is 391 g/mol. The van der Waals surface area contributed by atoms with Crippen molar-refractivity contribution in [2.24, 2.45) is 0 Å². The normalized spacial score (nSPS) is 20.9. The minimum Gasteiger partial charge on any atom is -0.462 e. The van der Waals surface area contributed by atoms with Crippen LogP contribution in [0.5, 0.6) is 0 Å². The molecule has 0 aliphatic carbocycles. The van der Waals surface area contributed by atoms with E-state index in [1.165, 1.54) is 13.8 Å². The van der Waals surface area contributed by atoms with E-state index in [-0.39, 0.29) is 10.4 Å². The summed E-state index contributed by atoms with van der Waals surface area (Å²) in [5.74, 6) is -15.2. The van der Waals surface area contributed by atoms with Crippen LogP contribution in [0, 0.1) is 6.92 Å². The molecule has 0 bridgehead atoms. The number of carbonyl (C=O) groups excluding carboxylic acids is 1. The molecule has 1 aliphatic rings. The Labute approximate surface area is 141 Å². The summed E-state index contributed by atoms with van der Waals surface area (Å²) in [5.41, 5.74) is -6.13. The van der Waals surface area contributed by atoms with Crippen molar-refractivity contribution in [1.29, 1.82) is 0 Å². The molecule has 1 aromatic rings. The van der Waals surface area contributed by atoms with Crippen molar-refractivity contribution >= 4 is 11.8 Å². The van der Waals surface area contributed by atoms with Gasteiger partial charge in [-0.15, -0.1) is 0 Å². The number of nitrogens with zero attached hydrogens (tertiary/aromatic N) is 2. The van der Waals surface area contributed by atoms with Crippen molar-refractivity contribution in [1.82, 2.24) is 9.78 Å². The molecule has 1 atom stereocenters. The van der Waals surface area contributed by atoms with Crippen molar-refractivity contribution in [3.05, 3.63) is 23.5 Å². The van der Waals surface area contributed by atoms with Crippen LogP contribution in [0.25, 0.3) is 0 Å². The van der Waals surface area contributed by atoms with Gasteiger partial charge in [-0.1, -0.05) is 0 Å². The number of hydrogen-bond donors (Lipinski definition) is 2. The number of anilines is 1. The molecular weight excluding hydrogens is 379 g/mol. The molecule has 13 heteroatoms. The number of alkyl halides is 7. The van der Waals surface area contributed by atoms with E-state index in [4.69, 9.17) is 0 Å². The molecular formula is C13H12F7N3O3. The van der Waals surface area contributed by atoms with E-state index in [1.807, 2.05) is 0 Å². The lowest BCUT2D eigenvalue weighted by Gasteiger charge is -2.42. The average molecular weight is 391 g/mol. The molecule has 146 valence electrons. The summed E-state index contributed by atoms with van der Waals surface area (Å²) >= 11 is 0. The molecule has 1 aliphatic heterocycles. The number of carbonyl (C=O) groups is 1. The molecule has 2 heterocycles. The zero-order chi connectivity index (χ0) is 20.1. The van der Waals surface area contributed by atoms with E-state index in [0.717, 1.165) is 6.07 Å². The van der Waals surface area contributed by atoms with E-state index in [1.54, 1.807) is 0 Å². The van der Waals surface area contributed by atoms with E-state index < -0.39 is 47.7 Å². The van der Waals surface area contributed by atoms with Crippen molar-refractivity contribution < 1.29 is 45.4 Å². The Morgan fingerprint density at radius 3 is 2.38 bits per heavy atom. The molecule has 1 unspecified atom stereocenters. The van der Waals surface area contributed by atoms with E-state index >= 15 is 0 Å². The molecule has 26 heavy (non-hydrogen) atoms. The maximum atomic E-state index is 14.4. The summed E-state index contributed by atoms with van der Waals surface area (Å²) in [4.78, 5) is 11.9. The third-order valence-electron chi connectivity index (χ3n) is 3.56. The van der Waals surface area contributed by atoms with Crippen molar-refractivity contribution in [3.63, 3.8) is 0 Å². The van der Waals surface area contributed by atoms with Crippen LogP contribution in [0.15, 0.2) is 17.8 Å². The number of esters is 1. The van der Waals surface area contributed by atoms with Gasteiger partial charge in [0.2, 0.25) is 0 Å². The third-order valence-corrected chi connectivity index (χ3v) is 3.56. The van der Waals surface area contributed by atoms with Crippen LogP contribution in [0.3, 0.4) is 0 Å². The molecule has 0 radical (unpaired) electrons. The lowest BCUT2D eigenvalue weighted by Crippen LogP contribution is -2.67. The van der Waals surface area contributed by atoms with Crippen LogP contribution in [0.2, 0.25) is 0 Å². The summed E-state index contributed by atoms with van der Waals surface area (Å²) in [6, 6.07) is 0.991. The van der Waals surface area contributed by atoms with Gasteiger partial charge in [0.05, 0.1) is 12.3 Å².